The van der Waals surface area contributed by atoms with E-state index in [1.54, 1.807) is 24.1 Å². The molecule has 0 unspecified atom stereocenters. The molecule has 5 rings (SSSR count). The Kier molecular flexibility index (Phi) is 8.06. The van der Waals surface area contributed by atoms with Crippen molar-refractivity contribution in [3.05, 3.63) is 36.0 Å². The van der Waals surface area contributed by atoms with Crippen molar-refractivity contribution in [3.63, 3.8) is 0 Å². The van der Waals surface area contributed by atoms with Gasteiger partial charge in [0.2, 0.25) is 5.91 Å². The first kappa shape index (κ1) is 29.6. The third kappa shape index (κ3) is 6.01. The van der Waals surface area contributed by atoms with E-state index in [2.05, 4.69) is 18.7 Å². The molecule has 0 bridgehead atoms. The lowest BCUT2D eigenvalue weighted by Crippen LogP contribution is -2.51. The predicted octanol–water partition coefficient (Wildman–Crippen LogP) is 4.61. The Hall–Kier alpha value is -3.86. The molecule has 11 heteroatoms. The molecule has 2 aliphatic rings. The van der Waals surface area contributed by atoms with Gasteiger partial charge in [0.25, 0.3) is 0 Å². The fraction of sp³-hybridized carbons (Fsp3) is 0.548. The van der Waals surface area contributed by atoms with Crippen LogP contribution in [0.5, 0.6) is 5.75 Å². The van der Waals surface area contributed by atoms with Crippen LogP contribution in [0.25, 0.3) is 22.4 Å². The zero-order valence-electron chi connectivity index (χ0n) is 25.6. The molecule has 226 valence electrons. The topological polar surface area (TPSA) is 125 Å². The predicted molar refractivity (Wildman–Crippen MR) is 161 cm³/mol. The van der Waals surface area contributed by atoms with Crippen molar-refractivity contribution < 1.29 is 23.8 Å². The van der Waals surface area contributed by atoms with Crippen molar-refractivity contribution in [2.75, 3.05) is 25.1 Å². The Morgan fingerprint density at radius 1 is 1.10 bits per heavy atom. The van der Waals surface area contributed by atoms with Gasteiger partial charge in [-0.25, -0.2) is 14.8 Å². The van der Waals surface area contributed by atoms with Gasteiger partial charge in [-0.1, -0.05) is 0 Å². The number of imidazole rings is 1. The van der Waals surface area contributed by atoms with Crippen LogP contribution < -0.4 is 15.4 Å². The first-order valence-corrected chi connectivity index (χ1v) is 14.6. The minimum atomic E-state index is -0.600. The van der Waals surface area contributed by atoms with Crippen LogP contribution in [-0.2, 0) is 16.0 Å². The molecule has 42 heavy (non-hydrogen) atoms. The Bertz CT molecular complexity index is 1450. The highest BCUT2D eigenvalue weighted by molar-refractivity contribution is 5.99. The highest BCUT2D eigenvalue weighted by Crippen LogP contribution is 2.35. The van der Waals surface area contributed by atoms with Gasteiger partial charge in [-0.2, -0.15) is 0 Å². The van der Waals surface area contributed by atoms with E-state index < -0.39 is 11.5 Å². The summed E-state index contributed by atoms with van der Waals surface area (Å²) in [6, 6.07) is 8.22. The maximum absolute atomic E-state index is 12.9. The number of hydrogen-bond donors (Lipinski definition) is 1. The maximum atomic E-state index is 12.9. The highest BCUT2D eigenvalue weighted by Gasteiger charge is 2.33. The Labute approximate surface area is 246 Å². The normalized spacial score (nSPS) is 22.9. The van der Waals surface area contributed by atoms with Gasteiger partial charge in [0, 0.05) is 29.4 Å². The number of ether oxygens (including phenoxy) is 3. The van der Waals surface area contributed by atoms with Gasteiger partial charge in [-0.05, 0) is 78.6 Å². The van der Waals surface area contributed by atoms with Gasteiger partial charge in [-0.3, -0.25) is 4.79 Å². The summed E-state index contributed by atoms with van der Waals surface area (Å²) < 4.78 is 19.7. The van der Waals surface area contributed by atoms with Crippen molar-refractivity contribution in [2.45, 2.75) is 90.8 Å². The van der Waals surface area contributed by atoms with E-state index in [-0.39, 0.29) is 18.3 Å². The number of nitrogens with two attached hydrogens (primary N) is 1. The van der Waals surface area contributed by atoms with Crippen molar-refractivity contribution in [1.82, 2.24) is 19.4 Å². The Morgan fingerprint density at radius 3 is 2.40 bits per heavy atom. The first-order valence-electron chi connectivity index (χ1n) is 14.6. The van der Waals surface area contributed by atoms with Gasteiger partial charge in [-0.15, -0.1) is 0 Å². The lowest BCUT2D eigenvalue weighted by Gasteiger charge is -2.37. The van der Waals surface area contributed by atoms with Gasteiger partial charge >= 0.3 is 6.09 Å². The summed E-state index contributed by atoms with van der Waals surface area (Å²) in [4.78, 5) is 38.9. The number of nitrogens with zero attached hydrogens (tertiary/aromatic N) is 5. The van der Waals surface area contributed by atoms with Gasteiger partial charge in [0.1, 0.15) is 28.5 Å². The molecular formula is C31H42N6O5. The number of carbonyl (C=O) groups is 2. The molecule has 0 radical (unpaired) electrons. The van der Waals surface area contributed by atoms with Crippen molar-refractivity contribution in [2.24, 2.45) is 5.73 Å². The average molecular weight is 579 g/mol. The summed E-state index contributed by atoms with van der Waals surface area (Å²) in [6.07, 6.45) is 3.21. The molecule has 4 heterocycles. The molecule has 0 aliphatic carbocycles. The number of pyridine rings is 1. The van der Waals surface area contributed by atoms with E-state index in [0.717, 1.165) is 24.2 Å². The number of carbonyl (C=O) groups excluding carboxylic acids is 2. The number of hydrogen-bond acceptors (Lipinski definition) is 8. The molecule has 2 N–H and O–H groups in total. The fourth-order valence-electron chi connectivity index (χ4n) is 6.07. The van der Waals surface area contributed by atoms with Crippen molar-refractivity contribution in [3.8, 4) is 17.1 Å². The van der Waals surface area contributed by atoms with E-state index in [0.29, 0.717) is 59.9 Å². The van der Waals surface area contributed by atoms with E-state index in [1.165, 1.54) is 0 Å². The second-order valence-electron chi connectivity index (χ2n) is 12.5. The molecule has 2 saturated heterocycles. The number of benzene rings is 1. The zero-order chi connectivity index (χ0) is 30.3. The van der Waals surface area contributed by atoms with E-state index in [4.69, 9.17) is 29.9 Å². The molecule has 0 saturated carbocycles. The number of rotatable bonds is 6. The smallest absolute Gasteiger partial charge is 0.410 e. The molecule has 2 aliphatic heterocycles. The Balaban J connectivity index is 1.54. The molecule has 1 aromatic carbocycles. The van der Waals surface area contributed by atoms with Crippen LogP contribution >= 0.6 is 0 Å². The second kappa shape index (κ2) is 11.4. The summed E-state index contributed by atoms with van der Waals surface area (Å²) in [5.74, 6) is 1.49. The van der Waals surface area contributed by atoms with Crippen LogP contribution in [0, 0.1) is 0 Å². The third-order valence-corrected chi connectivity index (χ3v) is 7.90. The summed E-state index contributed by atoms with van der Waals surface area (Å²) in [5.41, 5.74) is 7.41. The fourth-order valence-corrected chi connectivity index (χ4v) is 6.07. The first-order chi connectivity index (χ1) is 19.8. The molecule has 3 aromatic rings. The summed E-state index contributed by atoms with van der Waals surface area (Å²) in [5, 5.41) is 0. The number of amides is 2. The average Bonchev–Trinajstić information content (AvgIpc) is 3.45. The molecular weight excluding hydrogens is 536 g/mol. The van der Waals surface area contributed by atoms with Crippen molar-refractivity contribution >= 4 is 28.9 Å². The van der Waals surface area contributed by atoms with E-state index in [9.17, 15) is 9.59 Å². The Morgan fingerprint density at radius 2 is 1.81 bits per heavy atom. The minimum Gasteiger partial charge on any atom is -0.494 e. The number of aromatic nitrogens is 3. The number of anilines is 1. The van der Waals surface area contributed by atoms with Crippen LogP contribution in [0.1, 0.15) is 64.7 Å². The molecule has 2 fully saturated rings. The van der Waals surface area contributed by atoms with Crippen LogP contribution in [0.3, 0.4) is 0 Å². The molecule has 4 atom stereocenters. The lowest BCUT2D eigenvalue weighted by molar-refractivity contribution is -0.0845. The van der Waals surface area contributed by atoms with Gasteiger partial charge in [0.15, 0.2) is 0 Å². The third-order valence-electron chi connectivity index (χ3n) is 7.90. The monoisotopic (exact) mass is 578 g/mol. The molecule has 0 spiro atoms. The van der Waals surface area contributed by atoms with E-state index >= 15 is 0 Å². The largest absolute Gasteiger partial charge is 0.494 e. The molecule has 2 aromatic heterocycles. The van der Waals surface area contributed by atoms with Crippen LogP contribution in [0.4, 0.5) is 10.6 Å². The molecule has 2 amide bonds. The summed E-state index contributed by atoms with van der Waals surface area (Å²) in [6.45, 7) is 13.1. The minimum absolute atomic E-state index is 0.191. The summed E-state index contributed by atoms with van der Waals surface area (Å²) >= 11 is 0. The number of methoxy groups -OCH3 is 1. The number of fused-ring (bicyclic) bond motifs is 1. The molecule has 11 nitrogen and oxygen atoms in total. The van der Waals surface area contributed by atoms with Gasteiger partial charge in [0.05, 0.1) is 44.5 Å². The van der Waals surface area contributed by atoms with Crippen LogP contribution in [-0.4, -0.2) is 81.5 Å². The quantitative estimate of drug-likeness (QED) is 0.450. The van der Waals surface area contributed by atoms with Crippen molar-refractivity contribution in [1.29, 1.82) is 0 Å². The van der Waals surface area contributed by atoms with E-state index in [1.807, 2.05) is 50.6 Å². The SMILES string of the molecule is COc1cc(C(N)=O)cc2nc(-c3ccc(N4[C@@H](C)CC[C@@H]4C)nc3)n(C[C@@H]3CN(C(=O)OC(C)(C)C)C[C@H](C)O3)c12. The number of morpholine rings is 1. The van der Waals surface area contributed by atoms with Crippen LogP contribution in [0.15, 0.2) is 30.5 Å². The number of primary amides is 1. The zero-order valence-corrected chi connectivity index (χ0v) is 25.6. The summed E-state index contributed by atoms with van der Waals surface area (Å²) in [7, 11) is 1.55. The van der Waals surface area contributed by atoms with Crippen LogP contribution in [0.2, 0.25) is 0 Å². The standard InChI is InChI=1S/C31H42N6O5/c1-18-8-9-19(2)37(18)26-11-10-21(14-33-26)29-34-24-12-22(28(32)38)13-25(40-7)27(24)36(29)17-23-16-35(15-20(3)41-23)30(39)42-31(4,5)6/h10-14,18-20,23H,8-9,15-17H2,1-7H3,(H2,32,38)/t18-,19-,20-,23-/m0/s1. The second-order valence-corrected chi connectivity index (χ2v) is 12.5. The lowest BCUT2D eigenvalue weighted by atomic mass is 10.1. The highest BCUT2D eigenvalue weighted by atomic mass is 16.6. The van der Waals surface area contributed by atoms with Gasteiger partial charge < -0.3 is 34.3 Å². The maximum Gasteiger partial charge on any atom is 0.410 e.